The van der Waals surface area contributed by atoms with E-state index in [-0.39, 0.29) is 18.0 Å². The van der Waals surface area contributed by atoms with E-state index in [1.165, 1.54) is 19.1 Å². The molecular weight excluding hydrogens is 334 g/mol. The standard InChI is InChI=1S/C18H23N5O3/c24-17(15-4-2-10-26-15)22-9-1-3-14(12-22)20-18(25)21-16-7-8-19-23(16)11-13-5-6-13/h2,4,7-8,10,13-14H,1,3,5-6,9,11-12H2,(H2,20,21,25). The molecule has 1 saturated heterocycles. The average Bonchev–Trinajstić information content (AvgIpc) is 3.09. The minimum absolute atomic E-state index is 0.0811. The van der Waals surface area contributed by atoms with Crippen molar-refractivity contribution in [1.82, 2.24) is 20.0 Å². The summed E-state index contributed by atoms with van der Waals surface area (Å²) in [5.41, 5.74) is 0. The highest BCUT2D eigenvalue weighted by Crippen LogP contribution is 2.31. The van der Waals surface area contributed by atoms with Crippen LogP contribution in [0.4, 0.5) is 10.6 Å². The lowest BCUT2D eigenvalue weighted by atomic mass is 10.1. The number of likely N-dealkylation sites (tertiary alicyclic amines) is 1. The van der Waals surface area contributed by atoms with Gasteiger partial charge in [0.1, 0.15) is 5.82 Å². The van der Waals surface area contributed by atoms with Crippen molar-refractivity contribution in [2.24, 2.45) is 5.92 Å². The molecule has 1 saturated carbocycles. The maximum Gasteiger partial charge on any atom is 0.320 e. The van der Waals surface area contributed by atoms with Gasteiger partial charge in [0.2, 0.25) is 0 Å². The van der Waals surface area contributed by atoms with Crippen LogP contribution in [0.25, 0.3) is 0 Å². The summed E-state index contributed by atoms with van der Waals surface area (Å²) in [7, 11) is 0. The van der Waals surface area contributed by atoms with E-state index in [1.54, 1.807) is 29.3 Å². The maximum atomic E-state index is 12.4. The number of nitrogens with one attached hydrogen (secondary N) is 2. The highest BCUT2D eigenvalue weighted by molar-refractivity contribution is 5.92. The van der Waals surface area contributed by atoms with E-state index in [0.29, 0.717) is 30.6 Å². The van der Waals surface area contributed by atoms with Gasteiger partial charge in [-0.3, -0.25) is 10.1 Å². The number of hydrogen-bond acceptors (Lipinski definition) is 4. The van der Waals surface area contributed by atoms with Crippen LogP contribution in [0.3, 0.4) is 0 Å². The van der Waals surface area contributed by atoms with Crippen molar-refractivity contribution in [3.05, 3.63) is 36.4 Å². The first-order valence-corrected chi connectivity index (χ1v) is 9.11. The van der Waals surface area contributed by atoms with E-state index in [4.69, 9.17) is 4.42 Å². The lowest BCUT2D eigenvalue weighted by Crippen LogP contribution is -2.50. The quantitative estimate of drug-likeness (QED) is 0.859. The summed E-state index contributed by atoms with van der Waals surface area (Å²) in [5, 5.41) is 10.1. The van der Waals surface area contributed by atoms with Gasteiger partial charge < -0.3 is 14.6 Å². The van der Waals surface area contributed by atoms with E-state index < -0.39 is 0 Å². The Kier molecular flexibility index (Phi) is 4.64. The van der Waals surface area contributed by atoms with Crippen LogP contribution in [-0.4, -0.2) is 45.8 Å². The molecule has 1 atom stereocenters. The lowest BCUT2D eigenvalue weighted by molar-refractivity contribution is 0.0666. The van der Waals surface area contributed by atoms with Crippen molar-refractivity contribution in [3.8, 4) is 0 Å². The van der Waals surface area contributed by atoms with E-state index in [1.807, 2.05) is 4.68 Å². The largest absolute Gasteiger partial charge is 0.459 e. The average molecular weight is 357 g/mol. The third kappa shape index (κ3) is 3.89. The molecule has 2 aromatic rings. The van der Waals surface area contributed by atoms with Crippen molar-refractivity contribution in [2.45, 2.75) is 38.3 Å². The molecule has 0 aromatic carbocycles. The second kappa shape index (κ2) is 7.23. The minimum atomic E-state index is -0.264. The van der Waals surface area contributed by atoms with Gasteiger partial charge in [-0.05, 0) is 43.7 Å². The molecule has 2 N–H and O–H groups in total. The third-order valence-corrected chi connectivity index (χ3v) is 4.86. The Hall–Kier alpha value is -2.77. The van der Waals surface area contributed by atoms with E-state index in [0.717, 1.165) is 19.4 Å². The van der Waals surface area contributed by atoms with Gasteiger partial charge in [-0.25, -0.2) is 9.48 Å². The van der Waals surface area contributed by atoms with Crippen molar-refractivity contribution in [1.29, 1.82) is 0 Å². The van der Waals surface area contributed by atoms with Gasteiger partial charge in [0.05, 0.1) is 12.5 Å². The van der Waals surface area contributed by atoms with Crippen molar-refractivity contribution in [2.75, 3.05) is 18.4 Å². The minimum Gasteiger partial charge on any atom is -0.459 e. The molecule has 0 spiro atoms. The SMILES string of the molecule is O=C(Nc1ccnn1CC1CC1)NC1CCCN(C(=O)c2ccco2)C1. The number of urea groups is 1. The topological polar surface area (TPSA) is 92.4 Å². The molecule has 1 aliphatic heterocycles. The molecule has 3 amide bonds. The number of piperidine rings is 1. The maximum absolute atomic E-state index is 12.4. The molecule has 8 nitrogen and oxygen atoms in total. The molecule has 2 aromatic heterocycles. The van der Waals surface area contributed by atoms with Gasteiger partial charge in [-0.1, -0.05) is 0 Å². The molecule has 0 bridgehead atoms. The zero-order chi connectivity index (χ0) is 17.9. The van der Waals surface area contributed by atoms with Gasteiger partial charge in [0.15, 0.2) is 5.76 Å². The van der Waals surface area contributed by atoms with Gasteiger partial charge in [-0.2, -0.15) is 5.10 Å². The normalized spacial score (nSPS) is 20.0. The zero-order valence-electron chi connectivity index (χ0n) is 14.6. The summed E-state index contributed by atoms with van der Waals surface area (Å²) in [6.45, 7) is 2.00. The molecule has 1 unspecified atom stereocenters. The highest BCUT2D eigenvalue weighted by atomic mass is 16.3. The van der Waals surface area contributed by atoms with Gasteiger partial charge in [-0.15, -0.1) is 0 Å². The fourth-order valence-corrected chi connectivity index (χ4v) is 3.30. The summed E-state index contributed by atoms with van der Waals surface area (Å²) in [5.74, 6) is 1.58. The monoisotopic (exact) mass is 357 g/mol. The molecule has 1 aliphatic carbocycles. The summed E-state index contributed by atoms with van der Waals surface area (Å²) in [4.78, 5) is 26.5. The lowest BCUT2D eigenvalue weighted by Gasteiger charge is -2.32. The first-order chi connectivity index (χ1) is 12.7. The molecule has 26 heavy (non-hydrogen) atoms. The zero-order valence-corrected chi connectivity index (χ0v) is 14.6. The number of furan rings is 1. The van der Waals surface area contributed by atoms with Crippen LogP contribution in [-0.2, 0) is 6.54 Å². The van der Waals surface area contributed by atoms with Crippen LogP contribution in [0.1, 0.15) is 36.2 Å². The number of carbonyl (C=O) groups is 2. The summed E-state index contributed by atoms with van der Waals surface area (Å²) in [6, 6.07) is 4.82. The number of rotatable bonds is 5. The highest BCUT2D eigenvalue weighted by Gasteiger charge is 2.27. The van der Waals surface area contributed by atoms with E-state index in [9.17, 15) is 9.59 Å². The Morgan fingerprint density at radius 1 is 1.27 bits per heavy atom. The fourth-order valence-electron chi connectivity index (χ4n) is 3.30. The molecular formula is C18H23N5O3. The Bertz CT molecular complexity index is 766. The Labute approximate surface area is 151 Å². The fraction of sp³-hybridized carbons (Fsp3) is 0.500. The van der Waals surface area contributed by atoms with Crippen LogP contribution in [0.5, 0.6) is 0 Å². The second-order valence-electron chi connectivity index (χ2n) is 7.01. The van der Waals surface area contributed by atoms with Crippen molar-refractivity contribution >= 4 is 17.8 Å². The van der Waals surface area contributed by atoms with Crippen LogP contribution < -0.4 is 10.6 Å². The van der Waals surface area contributed by atoms with Crippen LogP contribution >= 0.6 is 0 Å². The molecule has 8 heteroatoms. The Morgan fingerprint density at radius 2 is 2.15 bits per heavy atom. The number of carbonyl (C=O) groups excluding carboxylic acids is 2. The third-order valence-electron chi connectivity index (χ3n) is 4.86. The predicted molar refractivity (Wildman–Crippen MR) is 94.7 cm³/mol. The van der Waals surface area contributed by atoms with Gasteiger partial charge in [0.25, 0.3) is 5.91 Å². The van der Waals surface area contributed by atoms with Crippen LogP contribution in [0.2, 0.25) is 0 Å². The first kappa shape index (κ1) is 16.7. The van der Waals surface area contributed by atoms with Crippen molar-refractivity contribution in [3.63, 3.8) is 0 Å². The van der Waals surface area contributed by atoms with Gasteiger partial charge >= 0.3 is 6.03 Å². The molecule has 2 aliphatic rings. The van der Waals surface area contributed by atoms with E-state index in [2.05, 4.69) is 15.7 Å². The Balaban J connectivity index is 1.31. The molecule has 2 fully saturated rings. The van der Waals surface area contributed by atoms with Gasteiger partial charge in [0, 0.05) is 31.7 Å². The molecule has 4 rings (SSSR count). The predicted octanol–water partition coefficient (Wildman–Crippen LogP) is 2.31. The molecule has 0 radical (unpaired) electrons. The van der Waals surface area contributed by atoms with Crippen LogP contribution in [0, 0.1) is 5.92 Å². The molecule has 3 heterocycles. The van der Waals surface area contributed by atoms with E-state index >= 15 is 0 Å². The first-order valence-electron chi connectivity index (χ1n) is 9.11. The summed E-state index contributed by atoms with van der Waals surface area (Å²) < 4.78 is 7.02. The number of hydrogen-bond donors (Lipinski definition) is 2. The second-order valence-corrected chi connectivity index (χ2v) is 7.01. The molecule has 138 valence electrons. The number of amides is 3. The van der Waals surface area contributed by atoms with Crippen LogP contribution in [0.15, 0.2) is 35.1 Å². The Morgan fingerprint density at radius 3 is 2.92 bits per heavy atom. The number of aromatic nitrogens is 2. The van der Waals surface area contributed by atoms with Crippen molar-refractivity contribution < 1.29 is 14.0 Å². The summed E-state index contributed by atoms with van der Waals surface area (Å²) in [6.07, 6.45) is 7.33. The summed E-state index contributed by atoms with van der Waals surface area (Å²) >= 11 is 0. The number of anilines is 1. The number of nitrogens with zero attached hydrogens (tertiary/aromatic N) is 3. The smallest absolute Gasteiger partial charge is 0.320 e.